The van der Waals surface area contributed by atoms with Crippen molar-refractivity contribution in [3.63, 3.8) is 0 Å². The lowest BCUT2D eigenvalue weighted by atomic mass is 10.4. The minimum atomic E-state index is -0.877. The number of aliphatic hydroxyl groups excluding tert-OH is 4. The fraction of sp³-hybridized carbons (Fsp3) is 0.800. The maximum absolute atomic E-state index is 8.89. The quantitative estimate of drug-likeness (QED) is 0.279. The summed E-state index contributed by atoms with van der Waals surface area (Å²) in [4.78, 5) is 0. The Morgan fingerprint density at radius 2 is 1.19 bits per heavy atom. The molecule has 6 heteroatoms. The van der Waals surface area contributed by atoms with Crippen molar-refractivity contribution in [2.24, 2.45) is 0 Å². The molecule has 94 valence electrons. The summed E-state index contributed by atoms with van der Waals surface area (Å²) in [7, 11) is 0. The fourth-order valence-electron chi connectivity index (χ4n) is 0.699. The maximum atomic E-state index is 8.89. The number of hydrogen-bond acceptors (Lipinski definition) is 6. The van der Waals surface area contributed by atoms with E-state index in [2.05, 4.69) is 11.8 Å². The molecule has 0 aromatic rings. The van der Waals surface area contributed by atoms with Crippen molar-refractivity contribution in [3.8, 4) is 11.8 Å². The molecule has 0 saturated heterocycles. The van der Waals surface area contributed by atoms with E-state index in [0.717, 1.165) is 0 Å². The number of hydrogen-bond donors (Lipinski definition) is 4. The van der Waals surface area contributed by atoms with Gasteiger partial charge >= 0.3 is 0 Å². The Morgan fingerprint density at radius 1 is 0.812 bits per heavy atom. The van der Waals surface area contributed by atoms with Crippen LogP contribution in [0.1, 0.15) is 0 Å². The van der Waals surface area contributed by atoms with E-state index in [0.29, 0.717) is 0 Å². The van der Waals surface area contributed by atoms with Crippen LogP contribution in [0.3, 0.4) is 0 Å². The van der Waals surface area contributed by atoms with E-state index < -0.39 is 12.2 Å². The fourth-order valence-corrected chi connectivity index (χ4v) is 0.699. The van der Waals surface area contributed by atoms with Crippen LogP contribution in [0.2, 0.25) is 0 Å². The van der Waals surface area contributed by atoms with E-state index in [-0.39, 0.29) is 39.6 Å². The van der Waals surface area contributed by atoms with Gasteiger partial charge < -0.3 is 29.9 Å². The van der Waals surface area contributed by atoms with Crippen LogP contribution < -0.4 is 0 Å². The summed E-state index contributed by atoms with van der Waals surface area (Å²) in [6, 6.07) is 0. The van der Waals surface area contributed by atoms with Crippen molar-refractivity contribution in [1.82, 2.24) is 0 Å². The van der Waals surface area contributed by atoms with Crippen LogP contribution >= 0.6 is 0 Å². The SMILES string of the molecule is OC[C@@H](O)COCC#CCOC[C@H](O)CO. The van der Waals surface area contributed by atoms with E-state index in [1.807, 2.05) is 0 Å². The van der Waals surface area contributed by atoms with Gasteiger partial charge in [0.15, 0.2) is 0 Å². The molecule has 0 aliphatic rings. The van der Waals surface area contributed by atoms with Gasteiger partial charge in [0.1, 0.15) is 25.4 Å². The number of ether oxygens (including phenoxy) is 2. The summed E-state index contributed by atoms with van der Waals surface area (Å²) >= 11 is 0. The summed E-state index contributed by atoms with van der Waals surface area (Å²) in [5.74, 6) is 5.24. The second-order valence-corrected chi connectivity index (χ2v) is 3.06. The minimum Gasteiger partial charge on any atom is -0.394 e. The molecule has 0 aliphatic carbocycles. The Morgan fingerprint density at radius 3 is 1.50 bits per heavy atom. The van der Waals surface area contributed by atoms with Gasteiger partial charge in [-0.25, -0.2) is 0 Å². The first kappa shape index (κ1) is 15.3. The number of rotatable bonds is 8. The third kappa shape index (κ3) is 9.86. The van der Waals surface area contributed by atoms with Gasteiger partial charge in [0.2, 0.25) is 0 Å². The zero-order valence-electron chi connectivity index (χ0n) is 9.00. The highest BCUT2D eigenvalue weighted by Crippen LogP contribution is 1.84. The first-order valence-electron chi connectivity index (χ1n) is 4.89. The van der Waals surface area contributed by atoms with E-state index in [1.54, 1.807) is 0 Å². The molecule has 0 heterocycles. The molecule has 0 aliphatic heterocycles. The van der Waals surface area contributed by atoms with Crippen LogP contribution in [0.15, 0.2) is 0 Å². The van der Waals surface area contributed by atoms with E-state index in [9.17, 15) is 0 Å². The molecule has 0 aromatic heterocycles. The van der Waals surface area contributed by atoms with Crippen molar-refractivity contribution in [2.75, 3.05) is 39.6 Å². The average Bonchev–Trinajstić information content (AvgIpc) is 2.31. The molecule has 0 unspecified atom stereocenters. The van der Waals surface area contributed by atoms with Crippen LogP contribution in [-0.4, -0.2) is 72.3 Å². The predicted molar refractivity (Wildman–Crippen MR) is 55.6 cm³/mol. The third-order valence-corrected chi connectivity index (χ3v) is 1.52. The summed E-state index contributed by atoms with van der Waals surface area (Å²) < 4.78 is 9.81. The van der Waals surface area contributed by atoms with Crippen molar-refractivity contribution in [2.45, 2.75) is 12.2 Å². The topological polar surface area (TPSA) is 99.4 Å². The van der Waals surface area contributed by atoms with Gasteiger partial charge in [0, 0.05) is 0 Å². The molecule has 2 atom stereocenters. The molecule has 4 N–H and O–H groups in total. The lowest BCUT2D eigenvalue weighted by molar-refractivity contribution is 0.0148. The molecule has 0 saturated carbocycles. The van der Waals surface area contributed by atoms with E-state index in [4.69, 9.17) is 29.9 Å². The second-order valence-electron chi connectivity index (χ2n) is 3.06. The van der Waals surface area contributed by atoms with Gasteiger partial charge in [-0.15, -0.1) is 0 Å². The summed E-state index contributed by atoms with van der Waals surface area (Å²) in [6.45, 7) is -0.318. The van der Waals surface area contributed by atoms with Gasteiger partial charge in [-0.3, -0.25) is 0 Å². The highest BCUT2D eigenvalue weighted by molar-refractivity contribution is 4.99. The van der Waals surface area contributed by atoms with E-state index >= 15 is 0 Å². The van der Waals surface area contributed by atoms with Crippen LogP contribution in [-0.2, 0) is 9.47 Å². The summed E-state index contributed by atoms with van der Waals surface area (Å²) in [5, 5.41) is 34.7. The van der Waals surface area contributed by atoms with E-state index in [1.165, 1.54) is 0 Å². The van der Waals surface area contributed by atoms with Crippen molar-refractivity contribution >= 4 is 0 Å². The van der Waals surface area contributed by atoms with Crippen LogP contribution in [0.5, 0.6) is 0 Å². The summed E-state index contributed by atoms with van der Waals surface area (Å²) in [6.07, 6.45) is -1.75. The van der Waals surface area contributed by atoms with Crippen LogP contribution in [0, 0.1) is 11.8 Å². The van der Waals surface area contributed by atoms with Gasteiger partial charge in [0.25, 0.3) is 0 Å². The molecule has 0 fully saturated rings. The van der Waals surface area contributed by atoms with Crippen molar-refractivity contribution < 1.29 is 29.9 Å². The minimum absolute atomic E-state index is 0.0370. The zero-order chi connectivity index (χ0) is 12.2. The number of aliphatic hydroxyl groups is 4. The van der Waals surface area contributed by atoms with Crippen LogP contribution in [0.4, 0.5) is 0 Å². The lowest BCUT2D eigenvalue weighted by Gasteiger charge is -2.05. The molecule has 0 radical (unpaired) electrons. The monoisotopic (exact) mass is 234 g/mol. The lowest BCUT2D eigenvalue weighted by Crippen LogP contribution is -2.19. The Hall–Kier alpha value is -0.680. The Balaban J connectivity index is 3.28. The molecular formula is C10H18O6. The highest BCUT2D eigenvalue weighted by Gasteiger charge is 2.00. The molecule has 0 amide bonds. The molecule has 0 aromatic carbocycles. The standard InChI is InChI=1S/C10H18O6/c11-5-9(13)7-15-3-1-2-4-16-8-10(14)6-12/h9-14H,3-8H2/t9-,10-/m1/s1. The zero-order valence-corrected chi connectivity index (χ0v) is 9.00. The highest BCUT2D eigenvalue weighted by atomic mass is 16.5. The normalized spacial score (nSPS) is 14.0. The molecule has 0 rings (SSSR count). The molecular weight excluding hydrogens is 216 g/mol. The van der Waals surface area contributed by atoms with Gasteiger partial charge in [0.05, 0.1) is 26.4 Å². The predicted octanol–water partition coefficient (Wildman–Crippen LogP) is -2.27. The first-order chi connectivity index (χ1) is 7.70. The second kappa shape index (κ2) is 10.8. The Bertz CT molecular complexity index is 189. The molecule has 0 spiro atoms. The largest absolute Gasteiger partial charge is 0.394 e. The van der Waals surface area contributed by atoms with Crippen LogP contribution in [0.25, 0.3) is 0 Å². The molecule has 16 heavy (non-hydrogen) atoms. The smallest absolute Gasteiger partial charge is 0.107 e. The average molecular weight is 234 g/mol. The molecule has 0 bridgehead atoms. The Kier molecular flexibility index (Phi) is 10.4. The van der Waals surface area contributed by atoms with Crippen molar-refractivity contribution in [1.29, 1.82) is 0 Å². The first-order valence-corrected chi connectivity index (χ1v) is 4.89. The molecule has 6 nitrogen and oxygen atoms in total. The third-order valence-electron chi connectivity index (χ3n) is 1.52. The van der Waals surface area contributed by atoms with Crippen molar-refractivity contribution in [3.05, 3.63) is 0 Å². The maximum Gasteiger partial charge on any atom is 0.107 e. The van der Waals surface area contributed by atoms with Gasteiger partial charge in [-0.1, -0.05) is 11.8 Å². The van der Waals surface area contributed by atoms with Gasteiger partial charge in [-0.05, 0) is 0 Å². The Labute approximate surface area is 94.4 Å². The van der Waals surface area contributed by atoms with Gasteiger partial charge in [-0.2, -0.15) is 0 Å². The summed E-state index contributed by atoms with van der Waals surface area (Å²) in [5.41, 5.74) is 0.